The van der Waals surface area contributed by atoms with Crippen molar-refractivity contribution in [3.05, 3.63) is 0 Å². The predicted octanol–water partition coefficient (Wildman–Crippen LogP) is 0.412. The van der Waals surface area contributed by atoms with E-state index in [1.165, 1.54) is 0 Å². The molecule has 2 aliphatic rings. The van der Waals surface area contributed by atoms with E-state index in [1.54, 1.807) is 4.31 Å². The molecule has 0 spiro atoms. The van der Waals surface area contributed by atoms with Crippen molar-refractivity contribution in [3.63, 3.8) is 0 Å². The highest BCUT2D eigenvalue weighted by Gasteiger charge is 2.28. The topological polar surface area (TPSA) is 49.4 Å². The lowest BCUT2D eigenvalue weighted by Gasteiger charge is -2.25. The molecule has 0 aliphatic carbocycles. The lowest BCUT2D eigenvalue weighted by Crippen LogP contribution is -2.38. The zero-order valence-corrected chi connectivity index (χ0v) is 9.93. The fourth-order valence-corrected chi connectivity index (χ4v) is 4.34. The summed E-state index contributed by atoms with van der Waals surface area (Å²) >= 11 is 0. The van der Waals surface area contributed by atoms with Gasteiger partial charge >= 0.3 is 0 Å². The highest BCUT2D eigenvalue weighted by Crippen LogP contribution is 2.18. The molecule has 0 aromatic carbocycles. The summed E-state index contributed by atoms with van der Waals surface area (Å²) in [6.07, 6.45) is 4.23. The molecule has 0 bridgehead atoms. The van der Waals surface area contributed by atoms with Crippen LogP contribution in [0, 0.1) is 5.92 Å². The number of nitrogens with one attached hydrogen (secondary N) is 1. The maximum atomic E-state index is 12.0. The molecule has 2 rings (SSSR count). The van der Waals surface area contributed by atoms with Crippen LogP contribution in [0.3, 0.4) is 0 Å². The molecule has 0 aromatic heterocycles. The van der Waals surface area contributed by atoms with Crippen LogP contribution >= 0.6 is 0 Å². The lowest BCUT2D eigenvalue weighted by molar-refractivity contribution is 0.392. The Hall–Kier alpha value is -0.130. The summed E-state index contributed by atoms with van der Waals surface area (Å²) in [5.41, 5.74) is 0. The van der Waals surface area contributed by atoms with Gasteiger partial charge in [0, 0.05) is 13.1 Å². The summed E-state index contributed by atoms with van der Waals surface area (Å²) in [6.45, 7) is 3.39. The Morgan fingerprint density at radius 2 is 1.93 bits per heavy atom. The van der Waals surface area contributed by atoms with Gasteiger partial charge < -0.3 is 5.32 Å². The molecule has 4 nitrogen and oxygen atoms in total. The summed E-state index contributed by atoms with van der Waals surface area (Å²) in [4.78, 5) is 0. The average molecular weight is 232 g/mol. The van der Waals surface area contributed by atoms with E-state index in [2.05, 4.69) is 5.32 Å². The average Bonchev–Trinajstić information content (AvgIpc) is 2.71. The van der Waals surface area contributed by atoms with Crippen LogP contribution in [-0.2, 0) is 10.0 Å². The largest absolute Gasteiger partial charge is 0.316 e. The minimum absolute atomic E-state index is 0.323. The molecule has 1 N–H and O–H groups in total. The molecule has 5 heteroatoms. The van der Waals surface area contributed by atoms with Gasteiger partial charge in [-0.1, -0.05) is 0 Å². The highest BCUT2D eigenvalue weighted by atomic mass is 32.2. The van der Waals surface area contributed by atoms with Crippen LogP contribution in [0.2, 0.25) is 0 Å². The van der Waals surface area contributed by atoms with E-state index < -0.39 is 10.0 Å². The summed E-state index contributed by atoms with van der Waals surface area (Å²) in [5.74, 6) is 0.671. The van der Waals surface area contributed by atoms with Gasteiger partial charge in [0.05, 0.1) is 5.75 Å². The van der Waals surface area contributed by atoms with E-state index >= 15 is 0 Å². The number of hydrogen-bond acceptors (Lipinski definition) is 3. The van der Waals surface area contributed by atoms with Crippen molar-refractivity contribution in [2.24, 2.45) is 5.92 Å². The van der Waals surface area contributed by atoms with Crippen molar-refractivity contribution in [1.82, 2.24) is 9.62 Å². The quantitative estimate of drug-likeness (QED) is 0.767. The number of rotatable bonds is 3. The smallest absolute Gasteiger partial charge is 0.214 e. The standard InChI is InChI=1S/C10H20N2O2S/c13-15(14,12-6-1-2-7-12)9-10-4-3-5-11-8-10/h10-11H,1-9H2. The highest BCUT2D eigenvalue weighted by molar-refractivity contribution is 7.89. The van der Waals surface area contributed by atoms with Crippen molar-refractivity contribution < 1.29 is 8.42 Å². The number of sulfonamides is 1. The van der Waals surface area contributed by atoms with Gasteiger partial charge in [-0.2, -0.15) is 0 Å². The molecule has 0 radical (unpaired) electrons. The summed E-state index contributed by atoms with van der Waals surface area (Å²) in [7, 11) is -2.97. The first kappa shape index (κ1) is 11.4. The second-order valence-corrected chi connectivity index (χ2v) is 6.61. The second kappa shape index (κ2) is 4.80. The molecule has 2 aliphatic heterocycles. The Bertz CT molecular complexity index is 291. The Kier molecular flexibility index (Phi) is 3.64. The van der Waals surface area contributed by atoms with Gasteiger partial charge in [-0.15, -0.1) is 0 Å². The minimum Gasteiger partial charge on any atom is -0.316 e. The zero-order chi connectivity index (χ0) is 10.7. The fourth-order valence-electron chi connectivity index (χ4n) is 2.44. The fraction of sp³-hybridized carbons (Fsp3) is 1.00. The third-order valence-corrected chi connectivity index (χ3v) is 5.35. The lowest BCUT2D eigenvalue weighted by atomic mass is 10.0. The van der Waals surface area contributed by atoms with E-state index in [0.29, 0.717) is 11.7 Å². The molecular formula is C10H20N2O2S. The van der Waals surface area contributed by atoms with Crippen molar-refractivity contribution in [3.8, 4) is 0 Å². The third-order valence-electron chi connectivity index (χ3n) is 3.30. The van der Waals surface area contributed by atoms with Gasteiger partial charge in [-0.3, -0.25) is 0 Å². The van der Waals surface area contributed by atoms with E-state index in [1.807, 2.05) is 0 Å². The first-order valence-corrected chi connectivity index (χ1v) is 7.48. The summed E-state index contributed by atoms with van der Waals surface area (Å²) in [6, 6.07) is 0. The molecule has 1 unspecified atom stereocenters. The Labute approximate surface area is 92.1 Å². The van der Waals surface area contributed by atoms with E-state index in [-0.39, 0.29) is 0 Å². The van der Waals surface area contributed by atoms with Crippen LogP contribution in [0.15, 0.2) is 0 Å². The molecule has 0 saturated carbocycles. The maximum Gasteiger partial charge on any atom is 0.214 e. The van der Waals surface area contributed by atoms with Gasteiger partial charge in [0.25, 0.3) is 0 Å². The van der Waals surface area contributed by atoms with Crippen LogP contribution in [0.1, 0.15) is 25.7 Å². The minimum atomic E-state index is -2.97. The SMILES string of the molecule is O=S(=O)(CC1CCCNC1)N1CCCC1. The van der Waals surface area contributed by atoms with Crippen molar-refractivity contribution in [2.75, 3.05) is 31.9 Å². The third kappa shape index (κ3) is 2.92. The summed E-state index contributed by atoms with van der Waals surface area (Å²) < 4.78 is 25.7. The molecule has 2 fully saturated rings. The number of nitrogens with zero attached hydrogens (tertiary/aromatic N) is 1. The maximum absolute atomic E-state index is 12.0. The van der Waals surface area contributed by atoms with Crippen LogP contribution in [-0.4, -0.2) is 44.7 Å². The Balaban J connectivity index is 1.90. The predicted molar refractivity (Wildman–Crippen MR) is 60.2 cm³/mol. The first-order valence-electron chi connectivity index (χ1n) is 5.87. The number of hydrogen-bond donors (Lipinski definition) is 1. The van der Waals surface area contributed by atoms with Gasteiger partial charge in [0.15, 0.2) is 0 Å². The van der Waals surface area contributed by atoms with Crippen LogP contribution in [0.25, 0.3) is 0 Å². The van der Waals surface area contributed by atoms with Crippen molar-refractivity contribution in [1.29, 1.82) is 0 Å². The van der Waals surface area contributed by atoms with Crippen LogP contribution < -0.4 is 5.32 Å². The van der Waals surface area contributed by atoms with Gasteiger partial charge in [-0.05, 0) is 44.7 Å². The number of piperidine rings is 1. The van der Waals surface area contributed by atoms with Gasteiger partial charge in [0.1, 0.15) is 0 Å². The normalized spacial score (nSPS) is 29.5. The van der Waals surface area contributed by atoms with E-state index in [9.17, 15) is 8.42 Å². The molecule has 1 atom stereocenters. The van der Waals surface area contributed by atoms with Crippen LogP contribution in [0.4, 0.5) is 0 Å². The molecular weight excluding hydrogens is 212 g/mol. The van der Waals surface area contributed by atoms with Crippen LogP contribution in [0.5, 0.6) is 0 Å². The van der Waals surface area contributed by atoms with Gasteiger partial charge in [0.2, 0.25) is 10.0 Å². The van der Waals surface area contributed by atoms with Gasteiger partial charge in [-0.25, -0.2) is 12.7 Å². The summed E-state index contributed by atoms with van der Waals surface area (Å²) in [5, 5.41) is 3.27. The molecule has 0 aromatic rings. The zero-order valence-electron chi connectivity index (χ0n) is 9.11. The molecule has 2 saturated heterocycles. The van der Waals surface area contributed by atoms with Crippen molar-refractivity contribution >= 4 is 10.0 Å². The molecule has 2 heterocycles. The van der Waals surface area contributed by atoms with E-state index in [4.69, 9.17) is 0 Å². The Morgan fingerprint density at radius 3 is 2.53 bits per heavy atom. The molecule has 88 valence electrons. The van der Waals surface area contributed by atoms with Crippen molar-refractivity contribution in [2.45, 2.75) is 25.7 Å². The first-order chi connectivity index (χ1) is 7.18. The molecule has 15 heavy (non-hydrogen) atoms. The Morgan fingerprint density at radius 1 is 1.20 bits per heavy atom. The monoisotopic (exact) mass is 232 g/mol. The molecule has 0 amide bonds. The van der Waals surface area contributed by atoms with E-state index in [0.717, 1.165) is 51.9 Å². The second-order valence-electron chi connectivity index (χ2n) is 4.60.